The number of halogens is 1. The van der Waals surface area contributed by atoms with Crippen molar-refractivity contribution in [3.63, 3.8) is 0 Å². The normalized spacial score (nSPS) is 12.6. The molecule has 17 heavy (non-hydrogen) atoms. The zero-order valence-corrected chi connectivity index (χ0v) is 11.6. The van der Waals surface area contributed by atoms with Gasteiger partial charge in [0.05, 0.1) is 0 Å². The van der Waals surface area contributed by atoms with Crippen molar-refractivity contribution in [3.05, 3.63) is 56.7 Å². The van der Waals surface area contributed by atoms with Gasteiger partial charge in [-0.15, -0.1) is 11.3 Å². The Kier molecular flexibility index (Phi) is 4.21. The summed E-state index contributed by atoms with van der Waals surface area (Å²) in [5, 5.41) is 6.31. The highest BCUT2D eigenvalue weighted by Crippen LogP contribution is 2.25. The lowest BCUT2D eigenvalue weighted by atomic mass is 10.0. The minimum atomic E-state index is 0.326. The maximum atomic E-state index is 6.17. The van der Waals surface area contributed by atoms with Crippen molar-refractivity contribution in [2.45, 2.75) is 19.4 Å². The highest BCUT2D eigenvalue weighted by molar-refractivity contribution is 7.09. The van der Waals surface area contributed by atoms with Gasteiger partial charge >= 0.3 is 0 Å². The van der Waals surface area contributed by atoms with E-state index in [1.165, 1.54) is 10.4 Å². The Morgan fingerprint density at radius 3 is 2.76 bits per heavy atom. The Balaban J connectivity index is 2.20. The second-order valence-corrected chi connectivity index (χ2v) is 5.57. The first kappa shape index (κ1) is 12.6. The third kappa shape index (κ3) is 3.09. The molecule has 0 radical (unpaired) electrons. The van der Waals surface area contributed by atoms with E-state index in [0.717, 1.165) is 17.0 Å². The first-order chi connectivity index (χ1) is 8.20. The topological polar surface area (TPSA) is 12.0 Å². The summed E-state index contributed by atoms with van der Waals surface area (Å²) in [4.78, 5) is 1.39. The van der Waals surface area contributed by atoms with Crippen LogP contribution in [0.3, 0.4) is 0 Å². The highest BCUT2D eigenvalue weighted by Gasteiger charge is 2.11. The van der Waals surface area contributed by atoms with Gasteiger partial charge in [0.15, 0.2) is 0 Å². The molecule has 1 heterocycles. The van der Waals surface area contributed by atoms with E-state index < -0.39 is 0 Å². The van der Waals surface area contributed by atoms with Crippen molar-refractivity contribution >= 4 is 22.9 Å². The fourth-order valence-electron chi connectivity index (χ4n) is 1.84. The lowest BCUT2D eigenvalue weighted by Crippen LogP contribution is -2.18. The van der Waals surface area contributed by atoms with Gasteiger partial charge in [-0.25, -0.2) is 0 Å². The first-order valence-corrected chi connectivity index (χ1v) is 6.92. The van der Waals surface area contributed by atoms with E-state index in [1.807, 2.05) is 14.0 Å². The maximum absolute atomic E-state index is 6.17. The third-order valence-electron chi connectivity index (χ3n) is 2.93. The Hall–Kier alpha value is -0.830. The second-order valence-electron chi connectivity index (χ2n) is 4.13. The van der Waals surface area contributed by atoms with Crippen LogP contribution in [0.2, 0.25) is 5.02 Å². The molecular weight excluding hydrogens is 250 g/mol. The molecule has 2 rings (SSSR count). The fourth-order valence-corrected chi connectivity index (χ4v) is 2.78. The minimum absolute atomic E-state index is 0.326. The van der Waals surface area contributed by atoms with Crippen LogP contribution < -0.4 is 5.32 Å². The number of rotatable bonds is 4. The monoisotopic (exact) mass is 265 g/mol. The van der Waals surface area contributed by atoms with Gasteiger partial charge in [-0.3, -0.25) is 0 Å². The van der Waals surface area contributed by atoms with Gasteiger partial charge < -0.3 is 5.32 Å². The molecule has 0 fully saturated rings. The molecule has 1 atom stereocenters. The number of nitrogens with one attached hydrogen (secondary N) is 1. The molecule has 0 aliphatic rings. The molecule has 0 saturated heterocycles. The van der Waals surface area contributed by atoms with Crippen molar-refractivity contribution in [3.8, 4) is 0 Å². The van der Waals surface area contributed by atoms with Crippen LogP contribution in [0.5, 0.6) is 0 Å². The SMILES string of the molecule is CNC(Cc1cccs1)c1ccc(C)c(Cl)c1. The minimum Gasteiger partial charge on any atom is -0.313 e. The van der Waals surface area contributed by atoms with Gasteiger partial charge in [0.2, 0.25) is 0 Å². The quantitative estimate of drug-likeness (QED) is 0.873. The smallest absolute Gasteiger partial charge is 0.0438 e. The predicted octanol–water partition coefficient (Wildman–Crippen LogP) is 4.21. The lowest BCUT2D eigenvalue weighted by Gasteiger charge is -2.16. The molecular formula is C14H16ClNS. The Labute approximate surface area is 111 Å². The van der Waals surface area contributed by atoms with Crippen LogP contribution in [0, 0.1) is 6.92 Å². The van der Waals surface area contributed by atoms with Crippen LogP contribution in [0.4, 0.5) is 0 Å². The average molecular weight is 266 g/mol. The number of thiophene rings is 1. The van der Waals surface area contributed by atoms with Crippen molar-refractivity contribution in [1.29, 1.82) is 0 Å². The standard InChI is InChI=1S/C14H16ClNS/c1-10-5-6-11(8-13(10)15)14(16-2)9-12-4-3-7-17-12/h3-8,14,16H,9H2,1-2H3. The fraction of sp³-hybridized carbons (Fsp3) is 0.286. The molecule has 1 N–H and O–H groups in total. The van der Waals surface area contributed by atoms with Gasteiger partial charge in [-0.1, -0.05) is 29.8 Å². The third-order valence-corrected chi connectivity index (χ3v) is 4.24. The summed E-state index contributed by atoms with van der Waals surface area (Å²) >= 11 is 7.97. The number of likely N-dealkylation sites (N-methyl/N-ethyl adjacent to an activating group) is 1. The zero-order valence-electron chi connectivity index (χ0n) is 10.0. The van der Waals surface area contributed by atoms with E-state index in [4.69, 9.17) is 11.6 Å². The van der Waals surface area contributed by atoms with Crippen molar-refractivity contribution in [2.75, 3.05) is 7.05 Å². The Morgan fingerprint density at radius 1 is 1.35 bits per heavy atom. The van der Waals surface area contributed by atoms with Crippen LogP contribution in [0.25, 0.3) is 0 Å². The van der Waals surface area contributed by atoms with Crippen LogP contribution >= 0.6 is 22.9 Å². The Morgan fingerprint density at radius 2 is 2.18 bits per heavy atom. The van der Waals surface area contributed by atoms with Gasteiger partial charge in [-0.2, -0.15) is 0 Å². The molecule has 0 aliphatic carbocycles. The molecule has 1 unspecified atom stereocenters. The van der Waals surface area contributed by atoms with Crippen LogP contribution in [-0.4, -0.2) is 7.05 Å². The number of benzene rings is 1. The number of hydrogen-bond donors (Lipinski definition) is 1. The van der Waals surface area contributed by atoms with E-state index in [0.29, 0.717) is 6.04 Å². The lowest BCUT2D eigenvalue weighted by molar-refractivity contribution is 0.596. The van der Waals surface area contributed by atoms with E-state index in [2.05, 4.69) is 41.0 Å². The molecule has 1 aromatic heterocycles. The van der Waals surface area contributed by atoms with Crippen LogP contribution in [-0.2, 0) is 6.42 Å². The molecule has 0 spiro atoms. The molecule has 1 aromatic carbocycles. The van der Waals surface area contributed by atoms with Gasteiger partial charge in [0.1, 0.15) is 0 Å². The maximum Gasteiger partial charge on any atom is 0.0438 e. The molecule has 90 valence electrons. The summed E-state index contributed by atoms with van der Waals surface area (Å²) < 4.78 is 0. The molecule has 1 nitrogen and oxygen atoms in total. The molecule has 0 saturated carbocycles. The van der Waals surface area contributed by atoms with E-state index in [9.17, 15) is 0 Å². The summed E-state index contributed by atoms with van der Waals surface area (Å²) in [5.74, 6) is 0. The molecule has 3 heteroatoms. The van der Waals surface area contributed by atoms with Crippen molar-refractivity contribution in [1.82, 2.24) is 5.32 Å². The van der Waals surface area contributed by atoms with Crippen LogP contribution in [0.1, 0.15) is 22.0 Å². The summed E-state index contributed by atoms with van der Waals surface area (Å²) in [6, 6.07) is 10.9. The molecule has 0 amide bonds. The summed E-state index contributed by atoms with van der Waals surface area (Å²) in [7, 11) is 1.99. The Bertz CT molecular complexity index is 479. The largest absolute Gasteiger partial charge is 0.313 e. The summed E-state index contributed by atoms with van der Waals surface area (Å²) in [6.07, 6.45) is 1.01. The van der Waals surface area contributed by atoms with Gasteiger partial charge in [0.25, 0.3) is 0 Å². The number of hydrogen-bond acceptors (Lipinski definition) is 2. The molecule has 2 aromatic rings. The summed E-state index contributed by atoms with van der Waals surface area (Å²) in [6.45, 7) is 2.03. The van der Waals surface area contributed by atoms with Gasteiger partial charge in [0, 0.05) is 22.4 Å². The van der Waals surface area contributed by atoms with Gasteiger partial charge in [-0.05, 0) is 42.6 Å². The van der Waals surface area contributed by atoms with E-state index >= 15 is 0 Å². The molecule has 0 bridgehead atoms. The van der Waals surface area contributed by atoms with Crippen molar-refractivity contribution < 1.29 is 0 Å². The second kappa shape index (κ2) is 5.67. The van der Waals surface area contributed by atoms with Crippen LogP contribution in [0.15, 0.2) is 35.7 Å². The average Bonchev–Trinajstić information content (AvgIpc) is 2.82. The zero-order chi connectivity index (χ0) is 12.3. The number of aryl methyl sites for hydroxylation is 1. The van der Waals surface area contributed by atoms with E-state index in [-0.39, 0.29) is 0 Å². The summed E-state index contributed by atoms with van der Waals surface area (Å²) in [5.41, 5.74) is 2.37. The highest BCUT2D eigenvalue weighted by atomic mass is 35.5. The first-order valence-electron chi connectivity index (χ1n) is 5.66. The van der Waals surface area contributed by atoms with E-state index in [1.54, 1.807) is 11.3 Å². The van der Waals surface area contributed by atoms with Crippen molar-refractivity contribution in [2.24, 2.45) is 0 Å². The predicted molar refractivity (Wildman–Crippen MR) is 76.0 cm³/mol. The molecule has 0 aliphatic heterocycles.